The van der Waals surface area contributed by atoms with Crippen molar-refractivity contribution in [1.82, 2.24) is 10.6 Å². The van der Waals surface area contributed by atoms with Gasteiger partial charge in [-0.15, -0.1) is 0 Å². The third kappa shape index (κ3) is 4.85. The number of nitrogens with zero attached hydrogens (tertiary/aromatic N) is 1. The van der Waals surface area contributed by atoms with Crippen LogP contribution in [-0.4, -0.2) is 48.1 Å². The molecule has 0 saturated carbocycles. The maximum absolute atomic E-state index is 14.0. The van der Waals surface area contributed by atoms with Crippen LogP contribution in [0, 0.1) is 0 Å². The Morgan fingerprint density at radius 2 is 1.76 bits per heavy atom. The number of imide groups is 1. The molecule has 2 aliphatic heterocycles. The number of hydrogen-bond donors (Lipinski definition) is 3. The first-order valence-electron chi connectivity index (χ1n) is 12.0. The molecule has 0 radical (unpaired) electrons. The highest BCUT2D eigenvalue weighted by atomic mass is 35.5. The number of hydrogen-bond acceptors (Lipinski definition) is 6. The SMILES string of the molecule is O=C(O)c1ccc(C(=O)NC(Cc2ccccc2)C(=O)N2C(=O)O[C@@]3(CCNC3)c3cc(Cl)ccc32)cc1. The number of carbonyl (C=O) groups is 4. The fourth-order valence-electron chi connectivity index (χ4n) is 4.84. The van der Waals surface area contributed by atoms with Crippen LogP contribution in [0.15, 0.2) is 72.8 Å². The van der Waals surface area contributed by atoms with Gasteiger partial charge in [0.2, 0.25) is 0 Å². The van der Waals surface area contributed by atoms with Crippen LogP contribution in [-0.2, 0) is 21.6 Å². The van der Waals surface area contributed by atoms with Crippen LogP contribution in [0.1, 0.15) is 38.3 Å². The van der Waals surface area contributed by atoms with Gasteiger partial charge in [0.1, 0.15) is 6.04 Å². The van der Waals surface area contributed by atoms with E-state index in [1.165, 1.54) is 24.3 Å². The lowest BCUT2D eigenvalue weighted by atomic mass is 9.89. The molecule has 2 atom stereocenters. The Morgan fingerprint density at radius 1 is 1.05 bits per heavy atom. The van der Waals surface area contributed by atoms with E-state index >= 15 is 0 Å². The Kier molecular flexibility index (Phi) is 6.88. The number of aromatic carboxylic acids is 1. The molecule has 9 nitrogen and oxygen atoms in total. The van der Waals surface area contributed by atoms with Crippen molar-refractivity contribution >= 4 is 41.2 Å². The number of amides is 3. The Labute approximate surface area is 223 Å². The van der Waals surface area contributed by atoms with Crippen LogP contribution >= 0.6 is 11.6 Å². The molecule has 0 aromatic heterocycles. The Balaban J connectivity index is 1.49. The maximum atomic E-state index is 14.0. The molecular weight excluding hydrogens is 510 g/mol. The summed E-state index contributed by atoms with van der Waals surface area (Å²) in [7, 11) is 0. The van der Waals surface area contributed by atoms with E-state index in [4.69, 9.17) is 21.4 Å². The Bertz CT molecular complexity index is 1400. The number of carboxylic acids is 1. The number of fused-ring (bicyclic) bond motifs is 2. The summed E-state index contributed by atoms with van der Waals surface area (Å²) in [6, 6.07) is 18.2. The summed E-state index contributed by atoms with van der Waals surface area (Å²) >= 11 is 6.28. The fraction of sp³-hybridized carbons (Fsp3) is 0.214. The molecule has 2 heterocycles. The predicted octanol–water partition coefficient (Wildman–Crippen LogP) is 3.75. The van der Waals surface area contributed by atoms with Gasteiger partial charge >= 0.3 is 12.1 Å². The van der Waals surface area contributed by atoms with Crippen molar-refractivity contribution < 1.29 is 29.0 Å². The second kappa shape index (κ2) is 10.3. The average molecular weight is 534 g/mol. The molecule has 3 aromatic rings. The van der Waals surface area contributed by atoms with Crippen LogP contribution in [0.4, 0.5) is 10.5 Å². The van der Waals surface area contributed by atoms with Crippen LogP contribution in [0.2, 0.25) is 5.02 Å². The highest BCUT2D eigenvalue weighted by Crippen LogP contribution is 2.44. The monoisotopic (exact) mass is 533 g/mol. The summed E-state index contributed by atoms with van der Waals surface area (Å²) in [5.41, 5.74) is 1.02. The standard InChI is InChI=1S/C28H24ClN3O6/c29-20-10-11-23-21(15-20)28(12-13-30-16-28)38-27(37)32(23)25(34)22(14-17-4-2-1-3-5-17)31-24(33)18-6-8-19(9-7-18)26(35)36/h1-11,15,22,30H,12-14,16H2,(H,31,33)(H,35,36)/t22?,28-/m1/s1. The van der Waals surface area contributed by atoms with Crippen LogP contribution in [0.3, 0.4) is 0 Å². The van der Waals surface area contributed by atoms with E-state index in [2.05, 4.69) is 10.6 Å². The van der Waals surface area contributed by atoms with Crippen molar-refractivity contribution in [3.8, 4) is 0 Å². The third-order valence-corrected chi connectivity index (χ3v) is 7.01. The van der Waals surface area contributed by atoms with Crippen molar-refractivity contribution in [3.63, 3.8) is 0 Å². The molecule has 38 heavy (non-hydrogen) atoms. The minimum absolute atomic E-state index is 0.0279. The van der Waals surface area contributed by atoms with Gasteiger partial charge in [0.15, 0.2) is 5.60 Å². The quantitative estimate of drug-likeness (QED) is 0.440. The largest absolute Gasteiger partial charge is 0.478 e. The Hall–Kier alpha value is -4.21. The molecule has 2 aliphatic rings. The van der Waals surface area contributed by atoms with Gasteiger partial charge in [-0.1, -0.05) is 41.9 Å². The number of anilines is 1. The average Bonchev–Trinajstić information content (AvgIpc) is 3.38. The number of carboxylic acid groups (broad SMARTS) is 1. The summed E-state index contributed by atoms with van der Waals surface area (Å²) < 4.78 is 5.85. The number of ether oxygens (including phenoxy) is 1. The topological polar surface area (TPSA) is 125 Å². The molecule has 3 N–H and O–H groups in total. The van der Waals surface area contributed by atoms with Crippen LogP contribution in [0.25, 0.3) is 0 Å². The predicted molar refractivity (Wildman–Crippen MR) is 139 cm³/mol. The van der Waals surface area contributed by atoms with E-state index in [-0.39, 0.29) is 17.5 Å². The molecule has 3 amide bonds. The van der Waals surface area contributed by atoms with Gasteiger partial charge < -0.3 is 20.5 Å². The molecular formula is C28H24ClN3O6. The first kappa shape index (κ1) is 25.4. The highest BCUT2D eigenvalue weighted by molar-refractivity contribution is 6.31. The van der Waals surface area contributed by atoms with Crippen molar-refractivity contribution in [2.75, 3.05) is 18.0 Å². The molecule has 5 rings (SSSR count). The van der Waals surface area contributed by atoms with Gasteiger partial charge in [-0.05, 0) is 54.6 Å². The normalized spacial score (nSPS) is 19.0. The summed E-state index contributed by atoms with van der Waals surface area (Å²) in [6.45, 7) is 1.03. The number of benzene rings is 3. The zero-order valence-electron chi connectivity index (χ0n) is 20.1. The highest BCUT2D eigenvalue weighted by Gasteiger charge is 2.49. The van der Waals surface area contributed by atoms with Gasteiger partial charge in [-0.25, -0.2) is 14.5 Å². The smallest absolute Gasteiger partial charge is 0.422 e. The van der Waals surface area contributed by atoms with E-state index in [9.17, 15) is 19.2 Å². The Morgan fingerprint density at radius 3 is 2.42 bits per heavy atom. The zero-order chi connectivity index (χ0) is 26.9. The third-order valence-electron chi connectivity index (χ3n) is 6.77. The molecule has 10 heteroatoms. The number of carbonyl (C=O) groups excluding carboxylic acids is 3. The van der Waals surface area contributed by atoms with Gasteiger partial charge in [0.25, 0.3) is 11.8 Å². The first-order chi connectivity index (χ1) is 18.3. The molecule has 3 aromatic carbocycles. The fourth-order valence-corrected chi connectivity index (χ4v) is 5.01. The number of halogens is 1. The lowest BCUT2D eigenvalue weighted by Crippen LogP contribution is -2.56. The molecule has 0 aliphatic carbocycles. The van der Waals surface area contributed by atoms with Crippen molar-refractivity contribution in [2.24, 2.45) is 0 Å². The van der Waals surface area contributed by atoms with Crippen molar-refractivity contribution in [1.29, 1.82) is 0 Å². The van der Waals surface area contributed by atoms with E-state index in [1.807, 2.05) is 30.3 Å². The van der Waals surface area contributed by atoms with Crippen molar-refractivity contribution in [2.45, 2.75) is 24.5 Å². The van der Waals surface area contributed by atoms with Crippen LogP contribution in [0.5, 0.6) is 0 Å². The van der Waals surface area contributed by atoms with E-state index in [0.29, 0.717) is 35.8 Å². The minimum Gasteiger partial charge on any atom is -0.478 e. The second-order valence-corrected chi connectivity index (χ2v) is 9.66. The summed E-state index contributed by atoms with van der Waals surface area (Å²) in [6.07, 6.45) is -0.186. The second-order valence-electron chi connectivity index (χ2n) is 9.22. The van der Waals surface area contributed by atoms with Gasteiger partial charge in [-0.3, -0.25) is 9.59 Å². The molecule has 0 bridgehead atoms. The van der Waals surface area contributed by atoms with E-state index in [1.54, 1.807) is 18.2 Å². The number of nitrogens with one attached hydrogen (secondary N) is 2. The van der Waals surface area contributed by atoms with E-state index in [0.717, 1.165) is 10.5 Å². The minimum atomic E-state index is -1.13. The molecule has 1 unspecified atom stereocenters. The molecule has 1 fully saturated rings. The molecule has 1 spiro atoms. The van der Waals surface area contributed by atoms with E-state index < -0.39 is 35.5 Å². The van der Waals surface area contributed by atoms with Gasteiger partial charge in [0.05, 0.1) is 11.3 Å². The zero-order valence-corrected chi connectivity index (χ0v) is 20.9. The lowest BCUT2D eigenvalue weighted by Gasteiger charge is -2.40. The maximum Gasteiger partial charge on any atom is 0.422 e. The summed E-state index contributed by atoms with van der Waals surface area (Å²) in [4.78, 5) is 52.5. The summed E-state index contributed by atoms with van der Waals surface area (Å²) in [5.74, 6) is -2.38. The lowest BCUT2D eigenvalue weighted by molar-refractivity contribution is -0.120. The van der Waals surface area contributed by atoms with Crippen molar-refractivity contribution in [3.05, 3.63) is 100 Å². The number of rotatable bonds is 6. The first-order valence-corrected chi connectivity index (χ1v) is 12.4. The van der Waals surface area contributed by atoms with Crippen LogP contribution < -0.4 is 15.5 Å². The van der Waals surface area contributed by atoms with Gasteiger partial charge in [-0.2, -0.15) is 0 Å². The molecule has 1 saturated heterocycles. The molecule has 194 valence electrons. The summed E-state index contributed by atoms with van der Waals surface area (Å²) in [5, 5.41) is 15.5. The van der Waals surface area contributed by atoms with Gasteiger partial charge in [0, 0.05) is 35.5 Å².